The monoisotopic (exact) mass is 580 g/mol. The maximum atomic E-state index is 13.5. The van der Waals surface area contributed by atoms with Gasteiger partial charge in [0.15, 0.2) is 0 Å². The molecule has 0 unspecified atom stereocenters. The minimum atomic E-state index is -0.485. The Bertz CT molecular complexity index is 1730. The third-order valence-corrected chi connectivity index (χ3v) is 7.36. The molecule has 3 N–H and O–H groups in total. The van der Waals surface area contributed by atoms with Crippen LogP contribution in [-0.4, -0.2) is 69.6 Å². The molecule has 1 aliphatic heterocycles. The quantitative estimate of drug-likeness (QED) is 0.210. The summed E-state index contributed by atoms with van der Waals surface area (Å²) in [7, 11) is 1.94. The van der Waals surface area contributed by atoms with Gasteiger partial charge in [0, 0.05) is 76.5 Å². The Morgan fingerprint density at radius 1 is 0.977 bits per heavy atom. The number of aryl methyl sites for hydroxylation is 1. The van der Waals surface area contributed by atoms with E-state index in [2.05, 4.69) is 30.8 Å². The van der Waals surface area contributed by atoms with Crippen LogP contribution in [-0.2, 0) is 13.5 Å². The van der Waals surface area contributed by atoms with Crippen LogP contribution in [0.25, 0.3) is 11.0 Å². The number of aromatic nitrogens is 4. The molecule has 2 aromatic carbocycles. The number of hydrogen-bond acceptors (Lipinski definition) is 8. The highest BCUT2D eigenvalue weighted by atomic mass is 19.1. The van der Waals surface area contributed by atoms with Gasteiger partial charge in [-0.2, -0.15) is 4.39 Å². The second-order valence-electron chi connectivity index (χ2n) is 10.5. The Labute approximate surface area is 248 Å². The summed E-state index contributed by atoms with van der Waals surface area (Å²) in [4.78, 5) is 27.6. The van der Waals surface area contributed by atoms with Gasteiger partial charge < -0.3 is 25.3 Å². The molecule has 220 valence electrons. The maximum Gasteiger partial charge on any atom is 0.270 e. The molecule has 0 spiro atoms. The van der Waals surface area contributed by atoms with Crippen LogP contribution in [0.2, 0.25) is 0 Å². The van der Waals surface area contributed by atoms with Crippen molar-refractivity contribution in [3.05, 3.63) is 102 Å². The summed E-state index contributed by atoms with van der Waals surface area (Å²) in [6.07, 6.45) is 3.64. The number of rotatable bonds is 10. The van der Waals surface area contributed by atoms with Gasteiger partial charge in [0.2, 0.25) is 11.9 Å². The molecule has 43 heavy (non-hydrogen) atoms. The molecule has 0 atom stereocenters. The van der Waals surface area contributed by atoms with E-state index < -0.39 is 5.95 Å². The molecular formula is C32H33FN8O2. The van der Waals surface area contributed by atoms with E-state index in [1.54, 1.807) is 18.3 Å². The van der Waals surface area contributed by atoms with Gasteiger partial charge in [-0.3, -0.25) is 14.7 Å². The molecule has 1 amide bonds. The lowest BCUT2D eigenvalue weighted by Gasteiger charge is -2.27. The van der Waals surface area contributed by atoms with Crippen molar-refractivity contribution in [1.82, 2.24) is 35.1 Å². The van der Waals surface area contributed by atoms with Crippen LogP contribution in [0.3, 0.4) is 0 Å². The fourth-order valence-electron chi connectivity index (χ4n) is 5.12. The zero-order chi connectivity index (χ0) is 29.6. The first-order chi connectivity index (χ1) is 21.0. The summed E-state index contributed by atoms with van der Waals surface area (Å²) >= 11 is 0. The van der Waals surface area contributed by atoms with Crippen LogP contribution in [0.5, 0.6) is 11.5 Å². The van der Waals surface area contributed by atoms with Gasteiger partial charge >= 0.3 is 0 Å². The Hall–Kier alpha value is -4.87. The van der Waals surface area contributed by atoms with Crippen molar-refractivity contribution in [3.63, 3.8) is 0 Å². The normalized spacial score (nSPS) is 13.6. The number of amides is 1. The number of carbonyl (C=O) groups excluding carboxylic acids is 1. The molecule has 0 aliphatic carbocycles. The number of nitrogens with zero attached hydrogens (tertiary/aromatic N) is 5. The molecule has 1 saturated heterocycles. The molecule has 0 bridgehead atoms. The SMILES string of the molecule is Cn1c(Nc2cccc(Cc3ccnc(F)c3)c2)nc2cc(Oc3ccnc(C(=O)NCCN4CCNCC4)c3)ccc21. The van der Waals surface area contributed by atoms with Crippen molar-refractivity contribution in [3.8, 4) is 11.5 Å². The van der Waals surface area contributed by atoms with Crippen molar-refractivity contribution in [2.45, 2.75) is 6.42 Å². The Morgan fingerprint density at radius 2 is 1.79 bits per heavy atom. The van der Waals surface area contributed by atoms with Crippen molar-refractivity contribution in [2.75, 3.05) is 44.6 Å². The minimum Gasteiger partial charge on any atom is -0.457 e. The molecule has 1 fully saturated rings. The minimum absolute atomic E-state index is 0.228. The highest BCUT2D eigenvalue weighted by Gasteiger charge is 2.13. The fourth-order valence-corrected chi connectivity index (χ4v) is 5.12. The van der Waals surface area contributed by atoms with E-state index in [1.165, 1.54) is 12.3 Å². The molecular weight excluding hydrogens is 547 g/mol. The third kappa shape index (κ3) is 7.14. The topological polar surface area (TPSA) is 109 Å². The highest BCUT2D eigenvalue weighted by molar-refractivity contribution is 5.92. The van der Waals surface area contributed by atoms with Crippen molar-refractivity contribution >= 4 is 28.6 Å². The molecule has 0 saturated carbocycles. The number of ether oxygens (including phenoxy) is 1. The number of pyridine rings is 2. The van der Waals surface area contributed by atoms with E-state index >= 15 is 0 Å². The lowest BCUT2D eigenvalue weighted by atomic mass is 10.1. The maximum absolute atomic E-state index is 13.5. The van der Waals surface area contributed by atoms with Crippen molar-refractivity contribution in [1.29, 1.82) is 0 Å². The van der Waals surface area contributed by atoms with E-state index in [0.29, 0.717) is 36.1 Å². The molecule has 10 nitrogen and oxygen atoms in total. The smallest absolute Gasteiger partial charge is 0.270 e. The first kappa shape index (κ1) is 28.3. The standard InChI is InChI=1S/C32H33FN8O2/c1-40-29-6-5-25(43-26-8-10-35-28(21-26)31(42)37-13-16-41-14-11-34-12-15-41)20-27(29)39-32(40)38-24-4-2-3-22(18-24)17-23-7-9-36-30(33)19-23/h2-10,18-21,34H,11-17H2,1H3,(H,37,42)(H,38,39). The number of imidazole rings is 1. The summed E-state index contributed by atoms with van der Waals surface area (Å²) < 4.78 is 21.6. The van der Waals surface area contributed by atoms with Gasteiger partial charge in [0.25, 0.3) is 5.91 Å². The molecule has 0 radical (unpaired) electrons. The van der Waals surface area contributed by atoms with Gasteiger partial charge in [-0.15, -0.1) is 0 Å². The first-order valence-corrected chi connectivity index (χ1v) is 14.3. The number of carbonyl (C=O) groups is 1. The van der Waals surface area contributed by atoms with Crippen LogP contribution in [0.1, 0.15) is 21.6 Å². The van der Waals surface area contributed by atoms with E-state index in [9.17, 15) is 9.18 Å². The van der Waals surface area contributed by atoms with Crippen LogP contribution in [0, 0.1) is 5.95 Å². The summed E-state index contributed by atoms with van der Waals surface area (Å²) in [6.45, 7) is 5.29. The second kappa shape index (κ2) is 13.0. The number of piperazine rings is 1. The van der Waals surface area contributed by atoms with Crippen molar-refractivity contribution < 1.29 is 13.9 Å². The lowest BCUT2D eigenvalue weighted by molar-refractivity contribution is 0.0942. The number of nitrogens with one attached hydrogen (secondary N) is 3. The average Bonchev–Trinajstić information content (AvgIpc) is 3.31. The van der Waals surface area contributed by atoms with Gasteiger partial charge in [-0.25, -0.2) is 9.97 Å². The zero-order valence-corrected chi connectivity index (χ0v) is 23.9. The van der Waals surface area contributed by atoms with Gasteiger partial charge in [-0.1, -0.05) is 12.1 Å². The molecule has 5 aromatic rings. The summed E-state index contributed by atoms with van der Waals surface area (Å²) in [5.74, 6) is 1.07. The van der Waals surface area contributed by atoms with Crippen LogP contribution >= 0.6 is 0 Å². The van der Waals surface area contributed by atoms with E-state index in [1.807, 2.05) is 60.1 Å². The van der Waals surface area contributed by atoms with E-state index in [4.69, 9.17) is 9.72 Å². The van der Waals surface area contributed by atoms with Gasteiger partial charge in [0.05, 0.1) is 11.0 Å². The van der Waals surface area contributed by atoms with E-state index in [-0.39, 0.29) is 5.91 Å². The Kier molecular flexibility index (Phi) is 8.52. The molecule has 3 aromatic heterocycles. The van der Waals surface area contributed by atoms with Gasteiger partial charge in [-0.05, 0) is 60.0 Å². The molecule has 11 heteroatoms. The predicted molar refractivity (Wildman–Crippen MR) is 163 cm³/mol. The number of hydrogen-bond donors (Lipinski definition) is 3. The third-order valence-electron chi connectivity index (χ3n) is 7.36. The fraction of sp³-hybridized carbons (Fsp3) is 0.250. The van der Waals surface area contributed by atoms with Crippen LogP contribution < -0.4 is 20.7 Å². The number of fused-ring (bicyclic) bond motifs is 1. The molecule has 4 heterocycles. The average molecular weight is 581 g/mol. The summed E-state index contributed by atoms with van der Waals surface area (Å²) in [6, 6.07) is 20.3. The second-order valence-corrected chi connectivity index (χ2v) is 10.5. The summed E-state index contributed by atoms with van der Waals surface area (Å²) in [5.41, 5.74) is 4.75. The molecule has 1 aliphatic rings. The largest absolute Gasteiger partial charge is 0.457 e. The van der Waals surface area contributed by atoms with Crippen molar-refractivity contribution in [2.24, 2.45) is 7.05 Å². The van der Waals surface area contributed by atoms with Crippen LogP contribution in [0.4, 0.5) is 16.0 Å². The lowest BCUT2D eigenvalue weighted by Crippen LogP contribution is -2.46. The zero-order valence-electron chi connectivity index (χ0n) is 23.9. The number of halogens is 1. The van der Waals surface area contributed by atoms with E-state index in [0.717, 1.165) is 60.6 Å². The Balaban J connectivity index is 1.10. The number of anilines is 2. The number of benzene rings is 2. The van der Waals surface area contributed by atoms with Gasteiger partial charge in [0.1, 0.15) is 17.2 Å². The highest BCUT2D eigenvalue weighted by Crippen LogP contribution is 2.28. The summed E-state index contributed by atoms with van der Waals surface area (Å²) in [5, 5.41) is 9.67. The van der Waals surface area contributed by atoms with Crippen LogP contribution in [0.15, 0.2) is 79.1 Å². The Morgan fingerprint density at radius 3 is 2.65 bits per heavy atom. The first-order valence-electron chi connectivity index (χ1n) is 14.3. The molecule has 6 rings (SSSR count). The predicted octanol–water partition coefficient (Wildman–Crippen LogP) is 4.26.